The van der Waals surface area contributed by atoms with E-state index in [2.05, 4.69) is 20.6 Å². The average Bonchev–Trinajstić information content (AvgIpc) is 2.66. The Kier molecular flexibility index (Phi) is 5.67. The van der Waals surface area contributed by atoms with Crippen molar-refractivity contribution in [3.63, 3.8) is 0 Å². The van der Waals surface area contributed by atoms with Crippen LogP contribution >= 0.6 is 0 Å². The molecule has 1 aliphatic heterocycles. The maximum absolute atomic E-state index is 12.6. The second-order valence-corrected chi connectivity index (χ2v) is 6.30. The van der Waals surface area contributed by atoms with Crippen molar-refractivity contribution in [3.8, 4) is 0 Å². The lowest BCUT2D eigenvalue weighted by atomic mass is 10.1. The molecule has 3 rings (SSSR count). The van der Waals surface area contributed by atoms with Crippen LogP contribution < -0.4 is 21.1 Å². The molecule has 0 atom stereocenters. The highest BCUT2D eigenvalue weighted by molar-refractivity contribution is 5.74. The number of fused-ring (bicyclic) bond motifs is 1. The number of nitrogens with one attached hydrogen (secondary N) is 2. The van der Waals surface area contributed by atoms with E-state index >= 15 is 0 Å². The van der Waals surface area contributed by atoms with Gasteiger partial charge in [-0.2, -0.15) is 0 Å². The molecule has 0 aromatic carbocycles. The lowest BCUT2D eigenvalue weighted by Gasteiger charge is -2.32. The summed E-state index contributed by atoms with van der Waals surface area (Å²) in [5.41, 5.74) is 1.12. The van der Waals surface area contributed by atoms with E-state index in [-0.39, 0.29) is 17.6 Å². The Hall–Kier alpha value is -2.68. The van der Waals surface area contributed by atoms with Crippen molar-refractivity contribution in [1.29, 1.82) is 0 Å². The fourth-order valence-electron chi connectivity index (χ4n) is 3.09. The molecule has 2 aromatic rings. The number of methoxy groups -OCH3 is 1. The van der Waals surface area contributed by atoms with Gasteiger partial charge in [-0.05, 0) is 25.0 Å². The number of aromatic nitrogens is 3. The first-order chi connectivity index (χ1) is 12.6. The van der Waals surface area contributed by atoms with Gasteiger partial charge in [0, 0.05) is 46.0 Å². The molecule has 2 aromatic heterocycles. The SMILES string of the molecule is COCCNC(=O)NC1CCN(c2nc3cccnc3n(C)c2=O)CC1. The third-order valence-corrected chi connectivity index (χ3v) is 4.53. The minimum atomic E-state index is -0.189. The summed E-state index contributed by atoms with van der Waals surface area (Å²) < 4.78 is 6.44. The Bertz CT molecular complexity index is 829. The molecule has 0 spiro atoms. The average molecular weight is 360 g/mol. The third-order valence-electron chi connectivity index (χ3n) is 4.53. The van der Waals surface area contributed by atoms with Crippen LogP contribution in [0.1, 0.15) is 12.8 Å². The van der Waals surface area contributed by atoms with E-state index < -0.39 is 0 Å². The zero-order chi connectivity index (χ0) is 18.5. The zero-order valence-corrected chi connectivity index (χ0v) is 15.1. The van der Waals surface area contributed by atoms with Crippen LogP contribution in [-0.2, 0) is 11.8 Å². The van der Waals surface area contributed by atoms with Gasteiger partial charge in [0.1, 0.15) is 5.52 Å². The molecule has 2 N–H and O–H groups in total. The van der Waals surface area contributed by atoms with Crippen LogP contribution in [0.4, 0.5) is 10.6 Å². The van der Waals surface area contributed by atoms with Crippen LogP contribution in [0.5, 0.6) is 0 Å². The maximum atomic E-state index is 12.6. The van der Waals surface area contributed by atoms with Crippen molar-refractivity contribution in [3.05, 3.63) is 28.7 Å². The molecule has 1 fully saturated rings. The largest absolute Gasteiger partial charge is 0.383 e. The lowest BCUT2D eigenvalue weighted by Crippen LogP contribution is -2.49. The number of aryl methyl sites for hydroxylation is 1. The first-order valence-corrected chi connectivity index (χ1v) is 8.70. The first kappa shape index (κ1) is 18.1. The number of ether oxygens (including phenoxy) is 1. The van der Waals surface area contributed by atoms with E-state index in [1.807, 2.05) is 17.0 Å². The van der Waals surface area contributed by atoms with E-state index in [1.54, 1.807) is 20.4 Å². The van der Waals surface area contributed by atoms with E-state index in [4.69, 9.17) is 4.74 Å². The summed E-state index contributed by atoms with van der Waals surface area (Å²) in [6, 6.07) is 3.55. The summed E-state index contributed by atoms with van der Waals surface area (Å²) in [5, 5.41) is 5.71. The summed E-state index contributed by atoms with van der Waals surface area (Å²) in [5.74, 6) is 0.441. The molecule has 0 radical (unpaired) electrons. The molecule has 0 unspecified atom stereocenters. The Morgan fingerprint density at radius 1 is 1.38 bits per heavy atom. The molecule has 3 heterocycles. The number of hydrogen-bond acceptors (Lipinski definition) is 6. The monoisotopic (exact) mass is 360 g/mol. The Balaban J connectivity index is 1.63. The smallest absolute Gasteiger partial charge is 0.315 e. The predicted octanol–water partition coefficient (Wildman–Crippen LogP) is 0.243. The van der Waals surface area contributed by atoms with Crippen molar-refractivity contribution in [2.75, 3.05) is 38.3 Å². The normalized spacial score (nSPS) is 15.2. The van der Waals surface area contributed by atoms with Gasteiger partial charge in [0.15, 0.2) is 11.5 Å². The zero-order valence-electron chi connectivity index (χ0n) is 15.1. The summed E-state index contributed by atoms with van der Waals surface area (Å²) >= 11 is 0. The highest BCUT2D eigenvalue weighted by Gasteiger charge is 2.24. The third kappa shape index (κ3) is 3.93. The van der Waals surface area contributed by atoms with Crippen LogP contribution in [0.15, 0.2) is 23.1 Å². The number of hydrogen-bond donors (Lipinski definition) is 2. The number of piperidine rings is 1. The lowest BCUT2D eigenvalue weighted by molar-refractivity contribution is 0.194. The number of carbonyl (C=O) groups excluding carboxylic acids is 1. The quantitative estimate of drug-likeness (QED) is 0.741. The van der Waals surface area contributed by atoms with Crippen LogP contribution in [0, 0.1) is 0 Å². The van der Waals surface area contributed by atoms with Gasteiger partial charge in [0.2, 0.25) is 0 Å². The fourth-order valence-corrected chi connectivity index (χ4v) is 3.09. The van der Waals surface area contributed by atoms with Gasteiger partial charge < -0.3 is 20.3 Å². The molecule has 140 valence electrons. The minimum absolute atomic E-state index is 0.0831. The fraction of sp³-hybridized carbons (Fsp3) is 0.529. The molecule has 0 bridgehead atoms. The second kappa shape index (κ2) is 8.13. The standard InChI is InChI=1S/C17H24N6O3/c1-22-14-13(4-3-7-18-14)21-15(16(22)24)23-9-5-12(6-10-23)20-17(25)19-8-11-26-2/h3-4,7,12H,5-6,8-11H2,1-2H3,(H2,19,20,25). The van der Waals surface area contributed by atoms with E-state index in [0.29, 0.717) is 43.2 Å². The predicted molar refractivity (Wildman–Crippen MR) is 98.4 cm³/mol. The molecule has 26 heavy (non-hydrogen) atoms. The number of urea groups is 1. The van der Waals surface area contributed by atoms with Crippen molar-refractivity contribution in [2.45, 2.75) is 18.9 Å². The van der Waals surface area contributed by atoms with Crippen molar-refractivity contribution in [1.82, 2.24) is 25.2 Å². The Morgan fingerprint density at radius 2 is 2.15 bits per heavy atom. The van der Waals surface area contributed by atoms with Crippen molar-refractivity contribution < 1.29 is 9.53 Å². The van der Waals surface area contributed by atoms with Crippen LogP contribution in [-0.4, -0.2) is 60.0 Å². The summed E-state index contributed by atoms with van der Waals surface area (Å²) in [6.45, 7) is 2.29. The summed E-state index contributed by atoms with van der Waals surface area (Å²) in [4.78, 5) is 35.1. The van der Waals surface area contributed by atoms with E-state index in [1.165, 1.54) is 4.57 Å². The van der Waals surface area contributed by atoms with Crippen LogP contribution in [0.3, 0.4) is 0 Å². The number of amides is 2. The topological polar surface area (TPSA) is 101 Å². The molecule has 9 heteroatoms. The second-order valence-electron chi connectivity index (χ2n) is 6.30. The van der Waals surface area contributed by atoms with Gasteiger partial charge >= 0.3 is 6.03 Å². The van der Waals surface area contributed by atoms with Crippen molar-refractivity contribution >= 4 is 23.0 Å². The molecule has 0 aliphatic carbocycles. The minimum Gasteiger partial charge on any atom is -0.383 e. The summed E-state index contributed by atoms with van der Waals surface area (Å²) in [6.07, 6.45) is 3.17. The van der Waals surface area contributed by atoms with Gasteiger partial charge in [-0.3, -0.25) is 9.36 Å². The van der Waals surface area contributed by atoms with Gasteiger partial charge in [-0.15, -0.1) is 0 Å². The molecular formula is C17H24N6O3. The van der Waals surface area contributed by atoms with Gasteiger partial charge in [-0.1, -0.05) is 0 Å². The molecule has 0 saturated carbocycles. The Labute approximate surface area is 151 Å². The molecule has 1 aliphatic rings. The number of pyridine rings is 1. The van der Waals surface area contributed by atoms with Gasteiger partial charge in [0.25, 0.3) is 5.56 Å². The van der Waals surface area contributed by atoms with E-state index in [9.17, 15) is 9.59 Å². The highest BCUT2D eigenvalue weighted by atomic mass is 16.5. The number of anilines is 1. The van der Waals surface area contributed by atoms with Crippen LogP contribution in [0.2, 0.25) is 0 Å². The van der Waals surface area contributed by atoms with Gasteiger partial charge in [-0.25, -0.2) is 14.8 Å². The summed E-state index contributed by atoms with van der Waals surface area (Å²) in [7, 11) is 3.30. The number of rotatable bonds is 5. The van der Waals surface area contributed by atoms with E-state index in [0.717, 1.165) is 12.8 Å². The van der Waals surface area contributed by atoms with Gasteiger partial charge in [0.05, 0.1) is 6.61 Å². The maximum Gasteiger partial charge on any atom is 0.315 e. The van der Waals surface area contributed by atoms with Crippen molar-refractivity contribution in [2.24, 2.45) is 7.05 Å². The molecule has 9 nitrogen and oxygen atoms in total. The first-order valence-electron chi connectivity index (χ1n) is 8.70. The number of nitrogens with zero attached hydrogens (tertiary/aromatic N) is 4. The number of carbonyl (C=O) groups is 1. The molecule has 1 saturated heterocycles. The highest BCUT2D eigenvalue weighted by Crippen LogP contribution is 2.17. The Morgan fingerprint density at radius 3 is 2.88 bits per heavy atom. The molecular weight excluding hydrogens is 336 g/mol. The molecule has 2 amide bonds. The van der Waals surface area contributed by atoms with Crippen LogP contribution in [0.25, 0.3) is 11.2 Å².